The lowest BCUT2D eigenvalue weighted by Crippen LogP contribution is -2.53. The Morgan fingerprint density at radius 1 is 1.33 bits per heavy atom. The highest BCUT2D eigenvalue weighted by atomic mass is 79.9. The normalized spacial score (nSPS) is 18.7. The number of nitrogens with two attached hydrogens (primary N) is 1. The minimum atomic E-state index is -0.275. The summed E-state index contributed by atoms with van der Waals surface area (Å²) in [5, 5.41) is 0. The first kappa shape index (κ1) is 13.2. The van der Waals surface area contributed by atoms with Crippen LogP contribution < -0.4 is 10.6 Å². The monoisotopic (exact) mass is 313 g/mol. The number of carbonyl (C=O) groups excluding carboxylic acids is 1. The molecule has 6 nitrogen and oxygen atoms in total. The molecule has 0 saturated carbocycles. The largest absolute Gasteiger partial charge is 0.368 e. The number of anilines is 1. The Labute approximate surface area is 114 Å². The van der Waals surface area contributed by atoms with E-state index in [1.165, 1.54) is 0 Å². The molecule has 1 amide bonds. The predicted molar refractivity (Wildman–Crippen MR) is 72.2 cm³/mol. The molecule has 7 heteroatoms. The summed E-state index contributed by atoms with van der Waals surface area (Å²) in [6.07, 6.45) is 3.47. The average Bonchev–Trinajstić information content (AvgIpc) is 2.39. The van der Waals surface area contributed by atoms with Crippen LogP contribution in [0, 0.1) is 0 Å². The molecule has 0 spiro atoms. The van der Waals surface area contributed by atoms with Crippen LogP contribution in [0.4, 0.5) is 5.95 Å². The van der Waals surface area contributed by atoms with Gasteiger partial charge < -0.3 is 10.6 Å². The van der Waals surface area contributed by atoms with Gasteiger partial charge in [-0.2, -0.15) is 0 Å². The van der Waals surface area contributed by atoms with Crippen molar-refractivity contribution in [2.75, 3.05) is 31.1 Å². The Morgan fingerprint density at radius 3 is 2.39 bits per heavy atom. The van der Waals surface area contributed by atoms with Crippen LogP contribution in [0.1, 0.15) is 6.92 Å². The fourth-order valence-electron chi connectivity index (χ4n) is 1.96. The first-order valence-corrected chi connectivity index (χ1v) is 6.63. The third-order valence-corrected chi connectivity index (χ3v) is 3.57. The molecule has 1 atom stereocenters. The van der Waals surface area contributed by atoms with E-state index in [2.05, 4.69) is 35.7 Å². The second kappa shape index (κ2) is 5.62. The van der Waals surface area contributed by atoms with Crippen molar-refractivity contribution in [1.29, 1.82) is 0 Å². The van der Waals surface area contributed by atoms with Crippen LogP contribution in [0.15, 0.2) is 16.9 Å². The zero-order valence-electron chi connectivity index (χ0n) is 10.2. The fourth-order valence-corrected chi connectivity index (χ4v) is 2.16. The highest BCUT2D eigenvalue weighted by molar-refractivity contribution is 9.10. The van der Waals surface area contributed by atoms with Gasteiger partial charge in [0.05, 0.1) is 10.5 Å². The van der Waals surface area contributed by atoms with Gasteiger partial charge in [-0.05, 0) is 22.9 Å². The van der Waals surface area contributed by atoms with E-state index in [1.807, 2.05) is 6.92 Å². The minimum absolute atomic E-state index is 0.210. The van der Waals surface area contributed by atoms with Crippen LogP contribution in [-0.4, -0.2) is 53.0 Å². The number of amides is 1. The third-order valence-electron chi connectivity index (χ3n) is 3.16. The molecule has 0 bridgehead atoms. The summed E-state index contributed by atoms with van der Waals surface area (Å²) in [4.78, 5) is 23.8. The molecule has 2 heterocycles. The highest BCUT2D eigenvalue weighted by Gasteiger charge is 2.24. The molecule has 0 aliphatic carbocycles. The zero-order chi connectivity index (χ0) is 13.1. The van der Waals surface area contributed by atoms with E-state index in [9.17, 15) is 4.79 Å². The molecule has 0 aromatic carbocycles. The second-order valence-electron chi connectivity index (χ2n) is 4.30. The van der Waals surface area contributed by atoms with Crippen molar-refractivity contribution in [3.05, 3.63) is 16.9 Å². The van der Waals surface area contributed by atoms with Gasteiger partial charge in [-0.1, -0.05) is 0 Å². The van der Waals surface area contributed by atoms with Crippen molar-refractivity contribution in [2.45, 2.75) is 13.0 Å². The Morgan fingerprint density at radius 2 is 1.89 bits per heavy atom. The molecule has 1 fully saturated rings. The third kappa shape index (κ3) is 2.97. The molecule has 1 aromatic heterocycles. The Hall–Kier alpha value is -1.21. The van der Waals surface area contributed by atoms with E-state index in [0.29, 0.717) is 0 Å². The van der Waals surface area contributed by atoms with Gasteiger partial charge in [0.2, 0.25) is 11.9 Å². The van der Waals surface area contributed by atoms with Gasteiger partial charge in [-0.3, -0.25) is 9.69 Å². The Bertz CT molecular complexity index is 416. The van der Waals surface area contributed by atoms with Crippen LogP contribution in [0.2, 0.25) is 0 Å². The maximum atomic E-state index is 11.1. The average molecular weight is 314 g/mol. The van der Waals surface area contributed by atoms with Gasteiger partial charge in [0.1, 0.15) is 0 Å². The summed E-state index contributed by atoms with van der Waals surface area (Å²) in [6, 6.07) is -0.210. The number of hydrogen-bond donors (Lipinski definition) is 1. The molecular weight excluding hydrogens is 298 g/mol. The van der Waals surface area contributed by atoms with Crippen molar-refractivity contribution in [2.24, 2.45) is 5.73 Å². The molecule has 1 saturated heterocycles. The topological polar surface area (TPSA) is 75.4 Å². The lowest BCUT2D eigenvalue weighted by Gasteiger charge is -2.36. The van der Waals surface area contributed by atoms with Crippen molar-refractivity contribution in [3.63, 3.8) is 0 Å². The summed E-state index contributed by atoms with van der Waals surface area (Å²) in [6.45, 7) is 5.04. The van der Waals surface area contributed by atoms with Gasteiger partial charge in [0, 0.05) is 38.6 Å². The molecule has 2 N–H and O–H groups in total. The van der Waals surface area contributed by atoms with Crippen LogP contribution in [0.3, 0.4) is 0 Å². The molecule has 1 aromatic rings. The van der Waals surface area contributed by atoms with Crippen molar-refractivity contribution in [1.82, 2.24) is 14.9 Å². The Kier molecular flexibility index (Phi) is 4.13. The molecule has 18 heavy (non-hydrogen) atoms. The summed E-state index contributed by atoms with van der Waals surface area (Å²) in [5.41, 5.74) is 5.31. The molecular formula is C11H16BrN5O. The predicted octanol–water partition coefficient (Wildman–Crippen LogP) is 0.235. The van der Waals surface area contributed by atoms with Crippen LogP contribution in [0.25, 0.3) is 0 Å². The second-order valence-corrected chi connectivity index (χ2v) is 5.22. The van der Waals surface area contributed by atoms with Crippen LogP contribution in [-0.2, 0) is 4.79 Å². The van der Waals surface area contributed by atoms with Crippen LogP contribution in [0.5, 0.6) is 0 Å². The first-order valence-electron chi connectivity index (χ1n) is 5.84. The number of carbonyl (C=O) groups is 1. The van der Waals surface area contributed by atoms with Gasteiger partial charge in [0.15, 0.2) is 0 Å². The van der Waals surface area contributed by atoms with E-state index >= 15 is 0 Å². The highest BCUT2D eigenvalue weighted by Crippen LogP contribution is 2.14. The molecule has 1 aliphatic rings. The van der Waals surface area contributed by atoms with Crippen molar-refractivity contribution in [3.8, 4) is 0 Å². The van der Waals surface area contributed by atoms with Crippen LogP contribution >= 0.6 is 15.9 Å². The first-order chi connectivity index (χ1) is 8.58. The number of piperazine rings is 1. The number of primary amides is 1. The van der Waals surface area contributed by atoms with Crippen molar-refractivity contribution >= 4 is 27.8 Å². The molecule has 0 unspecified atom stereocenters. The summed E-state index contributed by atoms with van der Waals surface area (Å²) in [7, 11) is 0. The molecule has 1 aliphatic heterocycles. The number of rotatable bonds is 3. The van der Waals surface area contributed by atoms with Gasteiger partial charge in [0.25, 0.3) is 0 Å². The Balaban J connectivity index is 1.94. The standard InChI is InChI=1S/C11H16BrN5O/c1-8(10(13)18)16-2-4-17(5-3-16)11-14-6-9(12)7-15-11/h6-8H,2-5H2,1H3,(H2,13,18)/t8-/m0/s1. The molecule has 98 valence electrons. The van der Waals surface area contributed by atoms with E-state index in [1.54, 1.807) is 12.4 Å². The number of nitrogens with zero attached hydrogens (tertiary/aromatic N) is 4. The van der Waals surface area contributed by atoms with Gasteiger partial charge in [-0.25, -0.2) is 9.97 Å². The van der Waals surface area contributed by atoms with Gasteiger partial charge in [-0.15, -0.1) is 0 Å². The van der Waals surface area contributed by atoms with E-state index in [-0.39, 0.29) is 11.9 Å². The lowest BCUT2D eigenvalue weighted by molar-refractivity contribution is -0.122. The smallest absolute Gasteiger partial charge is 0.234 e. The maximum Gasteiger partial charge on any atom is 0.234 e. The lowest BCUT2D eigenvalue weighted by atomic mass is 10.2. The fraction of sp³-hybridized carbons (Fsp3) is 0.545. The van der Waals surface area contributed by atoms with E-state index < -0.39 is 0 Å². The summed E-state index contributed by atoms with van der Waals surface area (Å²) >= 11 is 3.31. The van der Waals surface area contributed by atoms with E-state index in [4.69, 9.17) is 5.73 Å². The van der Waals surface area contributed by atoms with Gasteiger partial charge >= 0.3 is 0 Å². The quantitative estimate of drug-likeness (QED) is 0.865. The number of halogens is 1. The summed E-state index contributed by atoms with van der Waals surface area (Å²) < 4.78 is 0.868. The SMILES string of the molecule is C[C@@H](C(N)=O)N1CCN(c2ncc(Br)cn2)CC1. The summed E-state index contributed by atoms with van der Waals surface area (Å²) in [5.74, 6) is 0.452. The van der Waals surface area contributed by atoms with E-state index in [0.717, 1.165) is 36.6 Å². The minimum Gasteiger partial charge on any atom is -0.368 e. The maximum absolute atomic E-state index is 11.1. The molecule has 0 radical (unpaired) electrons. The number of aromatic nitrogens is 2. The van der Waals surface area contributed by atoms with Crippen molar-refractivity contribution < 1.29 is 4.79 Å². The number of hydrogen-bond acceptors (Lipinski definition) is 5. The zero-order valence-corrected chi connectivity index (χ0v) is 11.8. The molecule has 2 rings (SSSR count).